The Morgan fingerprint density at radius 3 is 2.41 bits per heavy atom. The summed E-state index contributed by atoms with van der Waals surface area (Å²) in [6.07, 6.45) is 6.86. The van der Waals surface area contributed by atoms with E-state index in [4.69, 9.17) is 4.74 Å². The van der Waals surface area contributed by atoms with Gasteiger partial charge in [-0.3, -0.25) is 9.78 Å². The smallest absolute Gasteiger partial charge is 0.387 e. The first-order valence-electron chi connectivity index (χ1n) is 9.95. The van der Waals surface area contributed by atoms with Crippen LogP contribution < -0.4 is 9.47 Å². The third kappa shape index (κ3) is 6.21. The molecule has 0 aliphatic heterocycles. The van der Waals surface area contributed by atoms with E-state index in [2.05, 4.69) is 28.6 Å². The van der Waals surface area contributed by atoms with Gasteiger partial charge in [-0.1, -0.05) is 26.0 Å². The molecular formula is C22H26F2N2O3. The number of carbonyl (C=O) groups excluding carboxylic acids is 1. The summed E-state index contributed by atoms with van der Waals surface area (Å²) < 4.78 is 34.7. The van der Waals surface area contributed by atoms with Crippen LogP contribution in [0.4, 0.5) is 8.78 Å². The maximum absolute atomic E-state index is 12.6. The van der Waals surface area contributed by atoms with Gasteiger partial charge in [-0.25, -0.2) is 4.98 Å². The summed E-state index contributed by atoms with van der Waals surface area (Å²) in [6.45, 7) is 1.27. The Balaban J connectivity index is 1.47. The molecule has 0 bridgehead atoms. The number of ether oxygens (including phenoxy) is 2. The second kappa shape index (κ2) is 9.76. The van der Waals surface area contributed by atoms with Crippen molar-refractivity contribution in [3.63, 3.8) is 0 Å². The van der Waals surface area contributed by atoms with E-state index in [0.717, 1.165) is 36.9 Å². The molecule has 0 spiro atoms. The van der Waals surface area contributed by atoms with Crippen LogP contribution in [0.25, 0.3) is 0 Å². The molecule has 1 heterocycles. The molecule has 0 atom stereocenters. The lowest BCUT2D eigenvalue weighted by molar-refractivity contribution is -0.123. The number of halogens is 2. The quantitative estimate of drug-likeness (QED) is 0.623. The Morgan fingerprint density at radius 1 is 1.10 bits per heavy atom. The van der Waals surface area contributed by atoms with E-state index in [0.29, 0.717) is 12.3 Å². The van der Waals surface area contributed by atoms with E-state index in [1.54, 1.807) is 24.5 Å². The number of nitrogens with zero attached hydrogens (tertiary/aromatic N) is 2. The average molecular weight is 404 g/mol. The number of ketones is 1. The van der Waals surface area contributed by atoms with E-state index in [1.165, 1.54) is 12.1 Å². The van der Waals surface area contributed by atoms with Crippen LogP contribution in [0.15, 0.2) is 36.7 Å². The second-order valence-electron chi connectivity index (χ2n) is 7.69. The Bertz CT molecular complexity index is 804. The van der Waals surface area contributed by atoms with Gasteiger partial charge in [-0.05, 0) is 49.3 Å². The minimum atomic E-state index is -2.85. The molecule has 1 aromatic carbocycles. The minimum absolute atomic E-state index is 0.0000712. The van der Waals surface area contributed by atoms with E-state index >= 15 is 0 Å². The Hall–Kier alpha value is -2.57. The summed E-state index contributed by atoms with van der Waals surface area (Å²) in [7, 11) is 0. The fourth-order valence-corrected chi connectivity index (χ4v) is 3.51. The van der Waals surface area contributed by atoms with Gasteiger partial charge in [0.2, 0.25) is 5.88 Å². The van der Waals surface area contributed by atoms with Crippen molar-refractivity contribution in [3.05, 3.63) is 47.9 Å². The minimum Gasteiger partial charge on any atom is -0.473 e. The van der Waals surface area contributed by atoms with E-state index in [1.807, 2.05) is 0 Å². The predicted octanol–water partition coefficient (Wildman–Crippen LogP) is 4.95. The average Bonchev–Trinajstić information content (AvgIpc) is 2.70. The first-order valence-corrected chi connectivity index (χ1v) is 9.95. The van der Waals surface area contributed by atoms with Gasteiger partial charge in [0.25, 0.3) is 0 Å². The maximum atomic E-state index is 12.6. The fourth-order valence-electron chi connectivity index (χ4n) is 3.51. The zero-order valence-electron chi connectivity index (χ0n) is 16.7. The monoisotopic (exact) mass is 404 g/mol. The molecule has 0 N–H and O–H groups in total. The van der Waals surface area contributed by atoms with Gasteiger partial charge in [-0.15, -0.1) is 0 Å². The fraction of sp³-hybridized carbons (Fsp3) is 0.500. The van der Waals surface area contributed by atoms with Crippen molar-refractivity contribution in [2.24, 2.45) is 5.92 Å². The lowest BCUT2D eigenvalue weighted by Gasteiger charge is -2.28. The normalized spacial score (nSPS) is 19.4. The summed E-state index contributed by atoms with van der Waals surface area (Å²) in [5.41, 5.74) is 1.70. The number of aromatic nitrogens is 2. The zero-order valence-corrected chi connectivity index (χ0v) is 16.7. The highest BCUT2D eigenvalue weighted by molar-refractivity contribution is 5.83. The molecule has 1 aliphatic rings. The Labute approximate surface area is 169 Å². The number of carbonyl (C=O) groups is 1. The second-order valence-corrected chi connectivity index (χ2v) is 7.69. The first-order chi connectivity index (χ1) is 13.9. The molecule has 0 saturated heterocycles. The van der Waals surface area contributed by atoms with E-state index < -0.39 is 6.61 Å². The molecule has 1 aromatic heterocycles. The zero-order chi connectivity index (χ0) is 20.8. The van der Waals surface area contributed by atoms with Crippen molar-refractivity contribution in [1.82, 2.24) is 9.97 Å². The van der Waals surface area contributed by atoms with Gasteiger partial charge >= 0.3 is 6.61 Å². The molecule has 0 unspecified atom stereocenters. The molecule has 7 heteroatoms. The highest BCUT2D eigenvalue weighted by Gasteiger charge is 2.27. The molecule has 29 heavy (non-hydrogen) atoms. The van der Waals surface area contributed by atoms with Crippen LogP contribution in [0.3, 0.4) is 0 Å². The van der Waals surface area contributed by atoms with Crippen LogP contribution in [-0.2, 0) is 11.2 Å². The van der Waals surface area contributed by atoms with Gasteiger partial charge in [0.15, 0.2) is 0 Å². The standard InChI is InChI=1S/C22H26F2N2O3/c1-14(2)19-12-25-13-21(26-19)28-17-9-5-16(6-10-17)20(27)11-15-3-7-18(8-4-15)29-22(23)24/h3-4,7-8,12-14,16-17,22H,5-6,9-11H2,1-2H3. The highest BCUT2D eigenvalue weighted by atomic mass is 19.3. The number of hydrogen-bond donors (Lipinski definition) is 0. The number of hydrogen-bond acceptors (Lipinski definition) is 5. The van der Waals surface area contributed by atoms with E-state index in [9.17, 15) is 13.6 Å². The predicted molar refractivity (Wildman–Crippen MR) is 104 cm³/mol. The van der Waals surface area contributed by atoms with Crippen LogP contribution in [0.2, 0.25) is 0 Å². The molecular weight excluding hydrogens is 378 g/mol. The van der Waals surface area contributed by atoms with Crippen molar-refractivity contribution < 1.29 is 23.0 Å². The van der Waals surface area contributed by atoms with Crippen LogP contribution in [0.5, 0.6) is 11.6 Å². The number of Topliss-reactive ketones (excluding diaryl/α,β-unsaturated/α-hetero) is 1. The summed E-state index contributed by atoms with van der Waals surface area (Å²) >= 11 is 0. The topological polar surface area (TPSA) is 61.3 Å². The Kier molecular flexibility index (Phi) is 7.12. The maximum Gasteiger partial charge on any atom is 0.387 e. The molecule has 0 amide bonds. The van der Waals surface area contributed by atoms with Gasteiger partial charge in [0.05, 0.1) is 11.9 Å². The van der Waals surface area contributed by atoms with Gasteiger partial charge < -0.3 is 9.47 Å². The summed E-state index contributed by atoms with van der Waals surface area (Å²) in [6, 6.07) is 6.24. The molecule has 1 fully saturated rings. The van der Waals surface area contributed by atoms with Crippen molar-refractivity contribution in [2.75, 3.05) is 0 Å². The molecule has 156 valence electrons. The molecule has 3 rings (SSSR count). The number of benzene rings is 1. The Morgan fingerprint density at radius 2 is 1.79 bits per heavy atom. The lowest BCUT2D eigenvalue weighted by Crippen LogP contribution is -2.29. The molecule has 1 aliphatic carbocycles. The van der Waals surface area contributed by atoms with Crippen LogP contribution in [0, 0.1) is 5.92 Å². The highest BCUT2D eigenvalue weighted by Crippen LogP contribution is 2.29. The number of rotatable bonds is 8. The molecule has 1 saturated carbocycles. The summed E-state index contributed by atoms with van der Waals surface area (Å²) in [5, 5.41) is 0. The summed E-state index contributed by atoms with van der Waals surface area (Å²) in [4.78, 5) is 21.3. The molecule has 0 radical (unpaired) electrons. The molecule has 5 nitrogen and oxygen atoms in total. The van der Waals surface area contributed by atoms with Crippen LogP contribution in [-0.4, -0.2) is 28.5 Å². The van der Waals surface area contributed by atoms with Gasteiger partial charge in [0.1, 0.15) is 17.6 Å². The third-order valence-electron chi connectivity index (χ3n) is 5.17. The van der Waals surface area contributed by atoms with Crippen molar-refractivity contribution in [3.8, 4) is 11.6 Å². The number of alkyl halides is 2. The lowest BCUT2D eigenvalue weighted by atomic mass is 9.83. The first kappa shape index (κ1) is 21.1. The van der Waals surface area contributed by atoms with E-state index in [-0.39, 0.29) is 29.5 Å². The summed E-state index contributed by atoms with van der Waals surface area (Å²) in [5.74, 6) is 1.10. The SMILES string of the molecule is CC(C)c1cncc(OC2CCC(C(=O)Cc3ccc(OC(F)F)cc3)CC2)n1. The van der Waals surface area contributed by atoms with Crippen molar-refractivity contribution >= 4 is 5.78 Å². The van der Waals surface area contributed by atoms with Crippen LogP contribution in [0.1, 0.15) is 56.7 Å². The van der Waals surface area contributed by atoms with Crippen molar-refractivity contribution in [2.45, 2.75) is 64.6 Å². The largest absolute Gasteiger partial charge is 0.473 e. The molecule has 2 aromatic rings. The van der Waals surface area contributed by atoms with Gasteiger partial charge in [0, 0.05) is 18.5 Å². The third-order valence-corrected chi connectivity index (χ3v) is 5.17. The van der Waals surface area contributed by atoms with Crippen LogP contribution >= 0.6 is 0 Å². The van der Waals surface area contributed by atoms with Gasteiger partial charge in [-0.2, -0.15) is 8.78 Å². The van der Waals surface area contributed by atoms with Crippen molar-refractivity contribution in [1.29, 1.82) is 0 Å².